The van der Waals surface area contributed by atoms with Crippen LogP contribution >= 0.6 is 0 Å². The molecule has 12 heavy (non-hydrogen) atoms. The van der Waals surface area contributed by atoms with E-state index in [-0.39, 0.29) is 18.4 Å². The molecular weight excluding hydrogens is 158 g/mol. The normalized spacial score (nSPS) is 58.0. The first-order valence-electron chi connectivity index (χ1n) is 4.34. The van der Waals surface area contributed by atoms with E-state index in [0.29, 0.717) is 12.8 Å². The number of nitrogens with two attached hydrogens (primary N) is 1. The zero-order chi connectivity index (χ0) is 8.93. The number of aliphatic hydroxyl groups excluding tert-OH is 3. The lowest BCUT2D eigenvalue weighted by atomic mass is 9.83. The first kappa shape index (κ1) is 8.44. The summed E-state index contributed by atoms with van der Waals surface area (Å²) in [6.07, 6.45) is -0.265. The second kappa shape index (κ2) is 2.42. The molecule has 4 nitrogen and oxygen atoms in total. The first-order valence-corrected chi connectivity index (χ1v) is 4.34. The topological polar surface area (TPSA) is 86.7 Å². The van der Waals surface area contributed by atoms with Crippen LogP contribution in [-0.4, -0.2) is 39.7 Å². The molecule has 0 unspecified atom stereocenters. The van der Waals surface area contributed by atoms with E-state index in [9.17, 15) is 10.2 Å². The number of aliphatic hydroxyl groups is 3. The fourth-order valence-corrected chi connectivity index (χ4v) is 2.74. The van der Waals surface area contributed by atoms with Gasteiger partial charge in [-0.15, -0.1) is 0 Å². The van der Waals surface area contributed by atoms with Gasteiger partial charge in [-0.2, -0.15) is 0 Å². The van der Waals surface area contributed by atoms with Crippen LogP contribution in [0.5, 0.6) is 0 Å². The lowest BCUT2D eigenvalue weighted by Crippen LogP contribution is -2.53. The van der Waals surface area contributed by atoms with Gasteiger partial charge in [0.05, 0.1) is 12.2 Å². The minimum Gasteiger partial charge on any atom is -0.396 e. The average molecular weight is 173 g/mol. The van der Waals surface area contributed by atoms with Crippen molar-refractivity contribution in [3.8, 4) is 0 Å². The summed E-state index contributed by atoms with van der Waals surface area (Å²) < 4.78 is 0. The second-order valence-corrected chi connectivity index (χ2v) is 4.18. The Hall–Kier alpha value is -0.160. The molecule has 70 valence electrons. The van der Waals surface area contributed by atoms with Crippen molar-refractivity contribution in [2.75, 3.05) is 6.61 Å². The Morgan fingerprint density at radius 2 is 2.00 bits per heavy atom. The SMILES string of the molecule is N[C@@]12C[C@@H](CO)[C@@H](C1)[C@@H](O)[C@H]2O. The molecule has 2 fully saturated rings. The minimum absolute atomic E-state index is 0.00463. The van der Waals surface area contributed by atoms with Gasteiger partial charge in [-0.05, 0) is 24.7 Å². The molecular formula is C8H15NO3. The lowest BCUT2D eigenvalue weighted by molar-refractivity contribution is -0.0494. The van der Waals surface area contributed by atoms with Crippen LogP contribution in [0, 0.1) is 11.8 Å². The Morgan fingerprint density at radius 1 is 1.33 bits per heavy atom. The molecule has 0 amide bonds. The standard InChI is InChI=1S/C8H15NO3/c9-8-1-4(3-10)5(2-8)6(11)7(8)12/h4-7,10-12H,1-3,9H2/t4-,5+,6+,7+,8-/m0/s1. The number of hydrogen-bond acceptors (Lipinski definition) is 4. The molecule has 2 saturated carbocycles. The fourth-order valence-electron chi connectivity index (χ4n) is 2.74. The van der Waals surface area contributed by atoms with Crippen LogP contribution < -0.4 is 5.73 Å². The molecule has 0 aromatic rings. The smallest absolute Gasteiger partial charge is 0.0981 e. The lowest BCUT2D eigenvalue weighted by Gasteiger charge is -2.33. The summed E-state index contributed by atoms with van der Waals surface area (Å²) in [6, 6.07) is 0. The number of fused-ring (bicyclic) bond motifs is 2. The summed E-state index contributed by atoms with van der Waals surface area (Å²) in [6.45, 7) is 0.0629. The van der Waals surface area contributed by atoms with Crippen molar-refractivity contribution in [3.63, 3.8) is 0 Å². The van der Waals surface area contributed by atoms with E-state index in [0.717, 1.165) is 0 Å². The highest BCUT2D eigenvalue weighted by molar-refractivity contribution is 5.13. The summed E-state index contributed by atoms with van der Waals surface area (Å²) in [7, 11) is 0. The van der Waals surface area contributed by atoms with Gasteiger partial charge < -0.3 is 21.1 Å². The molecule has 2 bridgehead atoms. The molecule has 2 aliphatic rings. The molecule has 5 atom stereocenters. The summed E-state index contributed by atoms with van der Waals surface area (Å²) in [4.78, 5) is 0. The summed E-state index contributed by atoms with van der Waals surface area (Å²) in [5.74, 6) is 0.0726. The summed E-state index contributed by atoms with van der Waals surface area (Å²) in [5.41, 5.74) is 5.24. The highest BCUT2D eigenvalue weighted by Crippen LogP contribution is 2.49. The highest BCUT2D eigenvalue weighted by Gasteiger charge is 2.59. The fraction of sp³-hybridized carbons (Fsp3) is 1.00. The van der Waals surface area contributed by atoms with Crippen molar-refractivity contribution >= 4 is 0 Å². The maximum atomic E-state index is 9.51. The second-order valence-electron chi connectivity index (χ2n) is 4.18. The molecule has 0 spiro atoms. The highest BCUT2D eigenvalue weighted by atomic mass is 16.3. The van der Waals surface area contributed by atoms with E-state index >= 15 is 0 Å². The monoisotopic (exact) mass is 173 g/mol. The largest absolute Gasteiger partial charge is 0.396 e. The van der Waals surface area contributed by atoms with Gasteiger partial charge in [0.1, 0.15) is 0 Å². The van der Waals surface area contributed by atoms with Gasteiger partial charge in [0.25, 0.3) is 0 Å². The van der Waals surface area contributed by atoms with E-state index in [1.807, 2.05) is 0 Å². The van der Waals surface area contributed by atoms with Crippen molar-refractivity contribution in [2.45, 2.75) is 30.6 Å². The van der Waals surface area contributed by atoms with Crippen molar-refractivity contribution in [1.29, 1.82) is 0 Å². The predicted octanol–water partition coefficient (Wildman–Crippen LogP) is -1.56. The number of hydrogen-bond donors (Lipinski definition) is 4. The average Bonchev–Trinajstić information content (AvgIpc) is 2.49. The van der Waals surface area contributed by atoms with E-state index < -0.39 is 17.7 Å². The van der Waals surface area contributed by atoms with E-state index in [2.05, 4.69) is 0 Å². The maximum absolute atomic E-state index is 9.51. The van der Waals surface area contributed by atoms with E-state index in [1.165, 1.54) is 0 Å². The van der Waals surface area contributed by atoms with Crippen LogP contribution in [0.15, 0.2) is 0 Å². The number of rotatable bonds is 1. The molecule has 0 radical (unpaired) electrons. The third kappa shape index (κ3) is 0.864. The Kier molecular flexibility index (Phi) is 1.70. The van der Waals surface area contributed by atoms with Crippen LogP contribution in [0.1, 0.15) is 12.8 Å². The van der Waals surface area contributed by atoms with E-state index in [4.69, 9.17) is 10.8 Å². The predicted molar refractivity (Wildman–Crippen MR) is 42.2 cm³/mol. The quantitative estimate of drug-likeness (QED) is 0.386. The van der Waals surface area contributed by atoms with Gasteiger partial charge >= 0.3 is 0 Å². The van der Waals surface area contributed by atoms with Crippen molar-refractivity contribution in [3.05, 3.63) is 0 Å². The van der Waals surface area contributed by atoms with Gasteiger partial charge in [0.15, 0.2) is 0 Å². The van der Waals surface area contributed by atoms with Crippen LogP contribution in [0.2, 0.25) is 0 Å². The molecule has 5 N–H and O–H groups in total. The Labute approximate surface area is 71.0 Å². The zero-order valence-electron chi connectivity index (χ0n) is 6.85. The van der Waals surface area contributed by atoms with Crippen molar-refractivity contribution in [1.82, 2.24) is 0 Å². The Bertz CT molecular complexity index is 193. The van der Waals surface area contributed by atoms with Crippen LogP contribution in [0.3, 0.4) is 0 Å². The molecule has 0 heterocycles. The van der Waals surface area contributed by atoms with Gasteiger partial charge in [-0.25, -0.2) is 0 Å². The molecule has 0 aliphatic heterocycles. The minimum atomic E-state index is -0.801. The third-order valence-electron chi connectivity index (χ3n) is 3.45. The maximum Gasteiger partial charge on any atom is 0.0981 e. The first-order chi connectivity index (χ1) is 5.58. The van der Waals surface area contributed by atoms with Crippen molar-refractivity contribution < 1.29 is 15.3 Å². The van der Waals surface area contributed by atoms with Gasteiger partial charge in [-0.1, -0.05) is 0 Å². The molecule has 2 rings (SSSR count). The van der Waals surface area contributed by atoms with Gasteiger partial charge in [-0.3, -0.25) is 0 Å². The Morgan fingerprint density at radius 3 is 2.42 bits per heavy atom. The summed E-state index contributed by atoms with van der Waals surface area (Å²) >= 11 is 0. The Balaban J connectivity index is 2.21. The molecule has 0 saturated heterocycles. The van der Waals surface area contributed by atoms with Crippen LogP contribution in [0.25, 0.3) is 0 Å². The van der Waals surface area contributed by atoms with E-state index in [1.54, 1.807) is 0 Å². The zero-order valence-corrected chi connectivity index (χ0v) is 6.85. The van der Waals surface area contributed by atoms with Gasteiger partial charge in [0, 0.05) is 12.1 Å². The summed E-state index contributed by atoms with van der Waals surface area (Å²) in [5, 5.41) is 28.0. The van der Waals surface area contributed by atoms with Gasteiger partial charge in [0.2, 0.25) is 0 Å². The van der Waals surface area contributed by atoms with Crippen LogP contribution in [0.4, 0.5) is 0 Å². The molecule has 2 aliphatic carbocycles. The molecule has 0 aromatic heterocycles. The third-order valence-corrected chi connectivity index (χ3v) is 3.45. The van der Waals surface area contributed by atoms with Crippen LogP contribution in [-0.2, 0) is 0 Å². The molecule has 4 heteroatoms. The van der Waals surface area contributed by atoms with Crippen molar-refractivity contribution in [2.24, 2.45) is 17.6 Å². The molecule has 0 aromatic carbocycles.